The summed E-state index contributed by atoms with van der Waals surface area (Å²) in [5.74, 6) is 0.911. The van der Waals surface area contributed by atoms with Gasteiger partial charge in [-0.15, -0.1) is 0 Å². The Morgan fingerprint density at radius 1 is 1.29 bits per heavy atom. The Balaban J connectivity index is 0.00000204. The van der Waals surface area contributed by atoms with Crippen molar-refractivity contribution in [1.82, 2.24) is 20.2 Å². The molecule has 1 saturated heterocycles. The standard InChI is InChI=1S/C25H35N5O2.Na.H2O/c1-3-32-24(31)14-23(20-9-8-18(2)27-15-20)28-22-16-30(17-22)13-5-7-21-11-10-19-6-4-12-26-25(19)29-21;;/h8-11,15,22-23,28H,3-7,12-14,16-17H2,1-2H3,(H,26,29);;1H2/q;+1;/p-1/t23-;;/m0../s1. The zero-order chi connectivity index (χ0) is 22.3. The second kappa shape index (κ2) is 14.1. The second-order valence-corrected chi connectivity index (χ2v) is 8.86. The number of pyridine rings is 2. The molecule has 2 aromatic rings. The third-order valence-corrected chi connectivity index (χ3v) is 6.27. The SMILES string of the molecule is CCOC(=O)C[C@H](NC1CN(CCCc2ccc3c(n2)NCCC3)C1)c1ccc(C)nc1.[Na+].[OH-]. The smallest absolute Gasteiger partial charge is 0.870 e. The van der Waals surface area contributed by atoms with E-state index in [1.54, 1.807) is 0 Å². The molecule has 34 heavy (non-hydrogen) atoms. The molecule has 0 spiro atoms. The monoisotopic (exact) mass is 477 g/mol. The van der Waals surface area contributed by atoms with Gasteiger partial charge in [0.05, 0.1) is 13.0 Å². The van der Waals surface area contributed by atoms with Crippen molar-refractivity contribution >= 4 is 11.8 Å². The van der Waals surface area contributed by atoms with Crippen LogP contribution in [0.4, 0.5) is 5.82 Å². The quantitative estimate of drug-likeness (QED) is 0.360. The van der Waals surface area contributed by atoms with Crippen LogP contribution in [0.5, 0.6) is 0 Å². The third kappa shape index (κ3) is 8.00. The number of aromatic nitrogens is 2. The van der Waals surface area contributed by atoms with Crippen LogP contribution in [-0.4, -0.2) is 65.1 Å². The van der Waals surface area contributed by atoms with E-state index in [4.69, 9.17) is 9.72 Å². The summed E-state index contributed by atoms with van der Waals surface area (Å²) in [5, 5.41) is 7.07. The van der Waals surface area contributed by atoms with E-state index in [-0.39, 0.29) is 47.0 Å². The number of anilines is 1. The van der Waals surface area contributed by atoms with Crippen LogP contribution in [0.3, 0.4) is 0 Å². The number of hydrogen-bond donors (Lipinski definition) is 2. The average molecular weight is 478 g/mol. The van der Waals surface area contributed by atoms with Crippen LogP contribution < -0.4 is 40.2 Å². The van der Waals surface area contributed by atoms with Crippen molar-refractivity contribution < 1.29 is 44.6 Å². The van der Waals surface area contributed by atoms with Gasteiger partial charge in [0.25, 0.3) is 0 Å². The molecule has 1 fully saturated rings. The van der Waals surface area contributed by atoms with Crippen molar-refractivity contribution in [3.8, 4) is 0 Å². The molecule has 2 aromatic heterocycles. The summed E-state index contributed by atoms with van der Waals surface area (Å²) >= 11 is 0. The molecular formula is C25H36N5NaO3. The van der Waals surface area contributed by atoms with Crippen molar-refractivity contribution in [3.63, 3.8) is 0 Å². The normalized spacial score (nSPS) is 16.2. The minimum Gasteiger partial charge on any atom is -0.870 e. The van der Waals surface area contributed by atoms with E-state index in [9.17, 15) is 4.79 Å². The van der Waals surface area contributed by atoms with Gasteiger partial charge in [-0.2, -0.15) is 0 Å². The predicted octanol–water partition coefficient (Wildman–Crippen LogP) is -0.129. The Morgan fingerprint density at radius 3 is 2.85 bits per heavy atom. The summed E-state index contributed by atoms with van der Waals surface area (Å²) in [6.45, 7) is 8.31. The molecule has 0 radical (unpaired) electrons. The van der Waals surface area contributed by atoms with Crippen molar-refractivity contribution in [1.29, 1.82) is 0 Å². The minimum absolute atomic E-state index is 0. The number of likely N-dealkylation sites (tertiary alicyclic amines) is 1. The Labute approximate surface area is 224 Å². The van der Waals surface area contributed by atoms with Crippen LogP contribution in [0.2, 0.25) is 0 Å². The van der Waals surface area contributed by atoms with Crippen molar-refractivity contribution in [2.24, 2.45) is 0 Å². The molecular weight excluding hydrogens is 441 g/mol. The maximum atomic E-state index is 12.1. The molecule has 2 aliphatic rings. The van der Waals surface area contributed by atoms with Crippen LogP contribution in [0.15, 0.2) is 30.5 Å². The maximum Gasteiger partial charge on any atom is 1.00 e. The summed E-state index contributed by atoms with van der Waals surface area (Å²) in [7, 11) is 0. The topological polar surface area (TPSA) is 109 Å². The minimum atomic E-state index is -0.172. The number of aryl methyl sites for hydroxylation is 3. The fraction of sp³-hybridized carbons (Fsp3) is 0.560. The van der Waals surface area contributed by atoms with E-state index in [1.807, 2.05) is 26.1 Å². The third-order valence-electron chi connectivity index (χ3n) is 6.27. The van der Waals surface area contributed by atoms with Gasteiger partial charge in [0, 0.05) is 49.3 Å². The molecule has 0 bridgehead atoms. The number of carbonyl (C=O) groups is 1. The molecule has 0 unspecified atom stereocenters. The van der Waals surface area contributed by atoms with Gasteiger partial charge in [-0.05, 0) is 69.3 Å². The summed E-state index contributed by atoms with van der Waals surface area (Å²) in [6.07, 6.45) is 6.62. The second-order valence-electron chi connectivity index (χ2n) is 8.86. The van der Waals surface area contributed by atoms with Gasteiger partial charge in [-0.1, -0.05) is 12.1 Å². The van der Waals surface area contributed by atoms with Gasteiger partial charge >= 0.3 is 35.5 Å². The van der Waals surface area contributed by atoms with E-state index in [0.29, 0.717) is 19.1 Å². The first-order valence-corrected chi connectivity index (χ1v) is 11.9. The maximum absolute atomic E-state index is 12.1. The first kappa shape index (κ1) is 28.7. The number of hydrogen-bond acceptors (Lipinski definition) is 8. The number of carbonyl (C=O) groups excluding carboxylic acids is 1. The van der Waals surface area contributed by atoms with Crippen molar-refractivity contribution in [3.05, 3.63) is 53.0 Å². The fourth-order valence-electron chi connectivity index (χ4n) is 4.48. The average Bonchev–Trinajstić information content (AvgIpc) is 2.77. The molecule has 8 nitrogen and oxygen atoms in total. The van der Waals surface area contributed by atoms with Gasteiger partial charge in [0.1, 0.15) is 5.82 Å². The molecule has 4 heterocycles. The number of esters is 1. The molecule has 1 atom stereocenters. The first-order chi connectivity index (χ1) is 15.6. The molecule has 9 heteroatoms. The van der Waals surface area contributed by atoms with Gasteiger partial charge < -0.3 is 25.7 Å². The van der Waals surface area contributed by atoms with Crippen molar-refractivity contribution in [2.45, 2.75) is 58.0 Å². The van der Waals surface area contributed by atoms with Gasteiger partial charge in [0.2, 0.25) is 0 Å². The van der Waals surface area contributed by atoms with Gasteiger partial charge in [0.15, 0.2) is 0 Å². The van der Waals surface area contributed by atoms with Gasteiger partial charge in [-0.3, -0.25) is 9.78 Å². The number of rotatable bonds is 10. The largest absolute Gasteiger partial charge is 1.00 e. The van der Waals surface area contributed by atoms with E-state index in [2.05, 4.69) is 38.7 Å². The number of nitrogens with one attached hydrogen (secondary N) is 2. The Bertz CT molecular complexity index is 906. The Morgan fingerprint density at radius 2 is 2.12 bits per heavy atom. The molecule has 0 amide bonds. The van der Waals surface area contributed by atoms with Crippen LogP contribution in [0.25, 0.3) is 0 Å². The summed E-state index contributed by atoms with van der Waals surface area (Å²) in [6, 6.07) is 8.77. The summed E-state index contributed by atoms with van der Waals surface area (Å²) in [5.41, 5.74) is 4.53. The molecule has 0 aliphatic carbocycles. The molecule has 180 valence electrons. The summed E-state index contributed by atoms with van der Waals surface area (Å²) < 4.78 is 5.18. The predicted molar refractivity (Wildman–Crippen MR) is 128 cm³/mol. The Kier molecular flexibility index (Phi) is 11.9. The van der Waals surface area contributed by atoms with Crippen molar-refractivity contribution in [2.75, 3.05) is 38.1 Å². The van der Waals surface area contributed by atoms with E-state index < -0.39 is 0 Å². The molecule has 0 aromatic carbocycles. The van der Waals surface area contributed by atoms with Crippen LogP contribution in [0, 0.1) is 6.92 Å². The van der Waals surface area contributed by atoms with Gasteiger partial charge in [-0.25, -0.2) is 4.98 Å². The number of fused-ring (bicyclic) bond motifs is 1. The molecule has 0 saturated carbocycles. The molecule has 2 aliphatic heterocycles. The van der Waals surface area contributed by atoms with E-state index in [1.165, 1.54) is 17.7 Å². The molecule has 4 rings (SSSR count). The Hall–Kier alpha value is -1.55. The fourth-order valence-corrected chi connectivity index (χ4v) is 4.48. The van der Waals surface area contributed by atoms with E-state index >= 15 is 0 Å². The zero-order valence-electron chi connectivity index (χ0n) is 20.7. The van der Waals surface area contributed by atoms with Crippen LogP contribution in [-0.2, 0) is 22.4 Å². The van der Waals surface area contributed by atoms with E-state index in [0.717, 1.165) is 62.5 Å². The zero-order valence-corrected chi connectivity index (χ0v) is 22.7. The van der Waals surface area contributed by atoms with Crippen LogP contribution >= 0.6 is 0 Å². The van der Waals surface area contributed by atoms with Crippen LogP contribution in [0.1, 0.15) is 54.7 Å². The first-order valence-electron chi connectivity index (χ1n) is 11.9. The number of ether oxygens (including phenoxy) is 1. The molecule has 3 N–H and O–H groups in total. The summed E-state index contributed by atoms with van der Waals surface area (Å²) in [4.78, 5) is 23.8. The number of nitrogens with zero attached hydrogens (tertiary/aromatic N) is 3.